The predicted molar refractivity (Wildman–Crippen MR) is 110 cm³/mol. The van der Waals surface area contributed by atoms with Crippen LogP contribution in [0.2, 0.25) is 0 Å². The number of amides is 1. The Kier molecular flexibility index (Phi) is 4.38. The Hall–Kier alpha value is -3.48. The third-order valence-corrected chi connectivity index (χ3v) is 5.73. The van der Waals surface area contributed by atoms with Crippen LogP contribution in [-0.4, -0.2) is 32.6 Å². The Labute approximate surface area is 171 Å². The van der Waals surface area contributed by atoms with E-state index in [1.54, 1.807) is 11.9 Å². The van der Waals surface area contributed by atoms with Gasteiger partial charge in [0, 0.05) is 41.9 Å². The summed E-state index contributed by atoms with van der Waals surface area (Å²) in [5, 5.41) is 5.50. The standard InChI is InChI=1S/C23H20F2N4O/c1-28(13-14-5-2-8-18-15(14)11-12-26-18)23(30)22-16-6-3-9-19(16)29(27-22)20-10-4-7-17(24)21(20)25/h2,4-5,7-8,10-12,26H,3,6,9,13H2,1H3. The van der Waals surface area contributed by atoms with Crippen molar-refractivity contribution < 1.29 is 13.6 Å². The molecule has 0 saturated carbocycles. The molecule has 1 N–H and O–H groups in total. The molecule has 0 unspecified atom stereocenters. The highest BCUT2D eigenvalue weighted by molar-refractivity contribution is 5.94. The maximum absolute atomic E-state index is 14.4. The predicted octanol–water partition coefficient (Wildman–Crippen LogP) is 4.39. The van der Waals surface area contributed by atoms with Crippen LogP contribution in [0, 0.1) is 11.6 Å². The van der Waals surface area contributed by atoms with Crippen LogP contribution in [0.4, 0.5) is 8.78 Å². The highest BCUT2D eigenvalue weighted by Crippen LogP contribution is 2.30. The highest BCUT2D eigenvalue weighted by atomic mass is 19.2. The summed E-state index contributed by atoms with van der Waals surface area (Å²) in [6, 6.07) is 11.9. The van der Waals surface area contributed by atoms with Crippen LogP contribution in [0.25, 0.3) is 16.6 Å². The molecule has 1 aliphatic carbocycles. The second kappa shape index (κ2) is 7.09. The molecule has 0 aliphatic heterocycles. The molecule has 2 aromatic carbocycles. The maximum atomic E-state index is 14.4. The van der Waals surface area contributed by atoms with Crippen molar-refractivity contribution >= 4 is 16.8 Å². The Morgan fingerprint density at radius 3 is 2.87 bits per heavy atom. The van der Waals surface area contributed by atoms with E-state index in [2.05, 4.69) is 10.1 Å². The summed E-state index contributed by atoms with van der Waals surface area (Å²) in [5.41, 5.74) is 4.00. The van der Waals surface area contributed by atoms with Crippen LogP contribution in [0.1, 0.15) is 33.7 Å². The minimum Gasteiger partial charge on any atom is -0.361 e. The van der Waals surface area contributed by atoms with Crippen LogP contribution in [-0.2, 0) is 19.4 Å². The van der Waals surface area contributed by atoms with Crippen molar-refractivity contribution in [3.63, 3.8) is 0 Å². The minimum atomic E-state index is -0.957. The molecule has 4 aromatic rings. The van der Waals surface area contributed by atoms with E-state index in [4.69, 9.17) is 0 Å². The smallest absolute Gasteiger partial charge is 0.274 e. The van der Waals surface area contributed by atoms with Gasteiger partial charge in [0.15, 0.2) is 17.3 Å². The molecule has 2 aromatic heterocycles. The van der Waals surface area contributed by atoms with E-state index >= 15 is 0 Å². The third kappa shape index (κ3) is 2.89. The number of benzene rings is 2. The molecule has 0 fully saturated rings. The molecule has 7 heteroatoms. The van der Waals surface area contributed by atoms with Crippen molar-refractivity contribution in [2.24, 2.45) is 0 Å². The van der Waals surface area contributed by atoms with Gasteiger partial charge in [0.05, 0.1) is 0 Å². The zero-order valence-corrected chi connectivity index (χ0v) is 16.5. The first-order chi connectivity index (χ1) is 14.5. The van der Waals surface area contributed by atoms with Crippen molar-refractivity contribution in [3.8, 4) is 5.69 Å². The summed E-state index contributed by atoms with van der Waals surface area (Å²) >= 11 is 0. The van der Waals surface area contributed by atoms with Gasteiger partial charge in [-0.1, -0.05) is 18.2 Å². The summed E-state index contributed by atoms with van der Waals surface area (Å²) in [4.78, 5) is 18.0. The third-order valence-electron chi connectivity index (χ3n) is 5.73. The van der Waals surface area contributed by atoms with Gasteiger partial charge in [0.1, 0.15) is 5.69 Å². The molecule has 152 valence electrons. The molecule has 5 nitrogen and oxygen atoms in total. The molecule has 0 saturated heterocycles. The van der Waals surface area contributed by atoms with Crippen molar-refractivity contribution in [3.05, 3.63) is 82.8 Å². The van der Waals surface area contributed by atoms with E-state index in [9.17, 15) is 13.6 Å². The lowest BCUT2D eigenvalue weighted by Gasteiger charge is -2.17. The number of fused-ring (bicyclic) bond motifs is 2. The lowest BCUT2D eigenvalue weighted by atomic mass is 10.1. The highest BCUT2D eigenvalue weighted by Gasteiger charge is 2.29. The van der Waals surface area contributed by atoms with E-state index in [0.717, 1.165) is 40.2 Å². The minimum absolute atomic E-state index is 0.0342. The van der Waals surface area contributed by atoms with Crippen LogP contribution in [0.3, 0.4) is 0 Å². The van der Waals surface area contributed by atoms with Crippen LogP contribution >= 0.6 is 0 Å². The van der Waals surface area contributed by atoms with Crippen molar-refractivity contribution in [2.75, 3.05) is 7.05 Å². The normalized spacial score (nSPS) is 13.0. The Bertz CT molecular complexity index is 1270. The molecule has 0 spiro atoms. The Morgan fingerprint density at radius 2 is 2.00 bits per heavy atom. The van der Waals surface area contributed by atoms with E-state index in [1.165, 1.54) is 16.8 Å². The molecule has 1 aliphatic rings. The Morgan fingerprint density at radius 1 is 1.17 bits per heavy atom. The number of aromatic nitrogens is 3. The van der Waals surface area contributed by atoms with Gasteiger partial charge >= 0.3 is 0 Å². The zero-order chi connectivity index (χ0) is 20.8. The second-order valence-corrected chi connectivity index (χ2v) is 7.63. The van der Waals surface area contributed by atoms with Crippen LogP contribution in [0.5, 0.6) is 0 Å². The first kappa shape index (κ1) is 18.5. The lowest BCUT2D eigenvalue weighted by molar-refractivity contribution is 0.0778. The number of carbonyl (C=O) groups is 1. The lowest BCUT2D eigenvalue weighted by Crippen LogP contribution is -2.27. The largest absolute Gasteiger partial charge is 0.361 e. The van der Waals surface area contributed by atoms with Gasteiger partial charge in [-0.2, -0.15) is 5.10 Å². The van der Waals surface area contributed by atoms with Crippen LogP contribution < -0.4 is 0 Å². The van der Waals surface area contributed by atoms with Gasteiger partial charge in [0.25, 0.3) is 5.91 Å². The van der Waals surface area contributed by atoms with Crippen molar-refractivity contribution in [1.29, 1.82) is 0 Å². The van der Waals surface area contributed by atoms with Gasteiger partial charge in [-0.15, -0.1) is 0 Å². The number of hydrogen-bond acceptors (Lipinski definition) is 2. The summed E-state index contributed by atoms with van der Waals surface area (Å²) in [6.45, 7) is 0.421. The van der Waals surface area contributed by atoms with Gasteiger partial charge < -0.3 is 9.88 Å². The number of hydrogen-bond donors (Lipinski definition) is 1. The molecular weight excluding hydrogens is 386 g/mol. The van der Waals surface area contributed by atoms with E-state index in [1.807, 2.05) is 30.5 Å². The summed E-state index contributed by atoms with van der Waals surface area (Å²) in [7, 11) is 1.73. The topological polar surface area (TPSA) is 53.9 Å². The fourth-order valence-corrected chi connectivity index (χ4v) is 4.26. The summed E-state index contributed by atoms with van der Waals surface area (Å²) in [5.74, 6) is -2.11. The average Bonchev–Trinajstić information content (AvgIpc) is 3.46. The van der Waals surface area contributed by atoms with Crippen molar-refractivity contribution in [2.45, 2.75) is 25.8 Å². The monoisotopic (exact) mass is 406 g/mol. The van der Waals surface area contributed by atoms with Gasteiger partial charge in [-0.25, -0.2) is 13.5 Å². The molecular formula is C23H20F2N4O. The SMILES string of the molecule is CN(Cc1cccc2[nH]ccc12)C(=O)c1nn(-c2cccc(F)c2F)c2c1CCC2. The van der Waals surface area contributed by atoms with Gasteiger partial charge in [-0.05, 0) is 49.1 Å². The van der Waals surface area contributed by atoms with E-state index in [-0.39, 0.29) is 11.6 Å². The molecule has 0 atom stereocenters. The first-order valence-corrected chi connectivity index (χ1v) is 9.90. The zero-order valence-electron chi connectivity index (χ0n) is 16.5. The number of aromatic amines is 1. The fraction of sp³-hybridized carbons (Fsp3) is 0.217. The van der Waals surface area contributed by atoms with Gasteiger partial charge in [0.2, 0.25) is 0 Å². The van der Waals surface area contributed by atoms with E-state index in [0.29, 0.717) is 25.1 Å². The molecule has 30 heavy (non-hydrogen) atoms. The van der Waals surface area contributed by atoms with Crippen LogP contribution in [0.15, 0.2) is 48.7 Å². The second-order valence-electron chi connectivity index (χ2n) is 7.63. The number of nitrogens with one attached hydrogen (secondary N) is 1. The number of carbonyl (C=O) groups excluding carboxylic acids is 1. The number of halogens is 2. The molecule has 0 radical (unpaired) electrons. The first-order valence-electron chi connectivity index (χ1n) is 9.90. The fourth-order valence-electron chi connectivity index (χ4n) is 4.26. The molecule has 0 bridgehead atoms. The average molecular weight is 406 g/mol. The van der Waals surface area contributed by atoms with Crippen molar-refractivity contribution in [1.82, 2.24) is 19.7 Å². The molecule has 2 heterocycles. The van der Waals surface area contributed by atoms with E-state index < -0.39 is 11.6 Å². The maximum Gasteiger partial charge on any atom is 0.274 e. The molecule has 1 amide bonds. The number of rotatable bonds is 4. The summed E-state index contributed by atoms with van der Waals surface area (Å²) in [6.07, 6.45) is 4.11. The summed E-state index contributed by atoms with van der Waals surface area (Å²) < 4.78 is 29.6. The quantitative estimate of drug-likeness (QED) is 0.546. The van der Waals surface area contributed by atoms with Gasteiger partial charge in [-0.3, -0.25) is 4.79 Å². The number of H-pyrrole nitrogens is 1. The Balaban J connectivity index is 1.50. The number of nitrogens with zero attached hydrogens (tertiary/aromatic N) is 3. The molecule has 5 rings (SSSR count).